The maximum Gasteiger partial charge on any atom is 0.266 e. The highest BCUT2D eigenvalue weighted by atomic mass is 16.2. The van der Waals surface area contributed by atoms with Crippen LogP contribution in [0, 0.1) is 19.8 Å². The average Bonchev–Trinajstić information content (AvgIpc) is 2.87. The van der Waals surface area contributed by atoms with Gasteiger partial charge in [0.05, 0.1) is 16.8 Å². The minimum atomic E-state index is -0.393. The normalized spacial score (nSPS) is 14.5. The lowest BCUT2D eigenvalue weighted by atomic mass is 10.0. The highest BCUT2D eigenvalue weighted by Crippen LogP contribution is 2.31. The molecule has 1 aliphatic heterocycles. The zero-order chi connectivity index (χ0) is 19.9. The number of carbonyl (C=O) groups excluding carboxylic acids is 3. The monoisotopic (exact) mass is 364 g/mol. The Morgan fingerprint density at radius 2 is 1.59 bits per heavy atom. The van der Waals surface area contributed by atoms with E-state index in [0.29, 0.717) is 22.7 Å². The number of imide groups is 1. The second-order valence-corrected chi connectivity index (χ2v) is 7.50. The van der Waals surface area contributed by atoms with Gasteiger partial charge in [-0.25, -0.2) is 4.90 Å². The van der Waals surface area contributed by atoms with E-state index in [-0.39, 0.29) is 23.4 Å². The molecule has 0 aliphatic carbocycles. The minimum Gasteiger partial charge on any atom is -0.349 e. The lowest BCUT2D eigenvalue weighted by Gasteiger charge is -2.17. The fourth-order valence-electron chi connectivity index (χ4n) is 3.02. The van der Waals surface area contributed by atoms with Crippen molar-refractivity contribution in [1.82, 2.24) is 5.32 Å². The molecule has 2 aromatic rings. The average molecular weight is 364 g/mol. The molecule has 3 rings (SSSR count). The first kappa shape index (κ1) is 18.8. The molecule has 27 heavy (non-hydrogen) atoms. The molecule has 3 amide bonds. The number of fused-ring (bicyclic) bond motifs is 1. The van der Waals surface area contributed by atoms with E-state index in [1.807, 2.05) is 52.8 Å². The van der Waals surface area contributed by atoms with Gasteiger partial charge in [0.2, 0.25) is 0 Å². The van der Waals surface area contributed by atoms with Gasteiger partial charge in [-0.15, -0.1) is 0 Å². The minimum absolute atomic E-state index is 0.00882. The number of anilines is 1. The number of carbonyl (C=O) groups is 3. The van der Waals surface area contributed by atoms with Crippen molar-refractivity contribution < 1.29 is 14.4 Å². The number of nitrogens with one attached hydrogen (secondary N) is 1. The molecule has 0 radical (unpaired) electrons. The molecule has 0 saturated heterocycles. The summed E-state index contributed by atoms with van der Waals surface area (Å²) in [4.78, 5) is 39.5. The van der Waals surface area contributed by atoms with Gasteiger partial charge in [-0.1, -0.05) is 26.0 Å². The summed E-state index contributed by atoms with van der Waals surface area (Å²) in [7, 11) is 0. The lowest BCUT2D eigenvalue weighted by molar-refractivity contribution is 0.0919. The Hall–Kier alpha value is -2.95. The third-order valence-electron chi connectivity index (χ3n) is 5.11. The van der Waals surface area contributed by atoms with Crippen LogP contribution in [0.15, 0.2) is 36.4 Å². The molecule has 0 saturated carbocycles. The smallest absolute Gasteiger partial charge is 0.266 e. The number of hydrogen-bond acceptors (Lipinski definition) is 3. The molecule has 0 spiro atoms. The second-order valence-electron chi connectivity index (χ2n) is 7.50. The van der Waals surface area contributed by atoms with Crippen molar-refractivity contribution in [3.63, 3.8) is 0 Å². The maximum absolute atomic E-state index is 12.9. The van der Waals surface area contributed by atoms with E-state index in [1.54, 1.807) is 12.1 Å². The number of amides is 3. The van der Waals surface area contributed by atoms with Gasteiger partial charge < -0.3 is 5.32 Å². The molecule has 1 unspecified atom stereocenters. The Balaban J connectivity index is 1.95. The molecule has 2 aromatic carbocycles. The molecule has 1 aliphatic rings. The third kappa shape index (κ3) is 3.37. The molecule has 0 bridgehead atoms. The van der Waals surface area contributed by atoms with Gasteiger partial charge in [-0.3, -0.25) is 14.4 Å². The van der Waals surface area contributed by atoms with Gasteiger partial charge in [0.15, 0.2) is 0 Å². The summed E-state index contributed by atoms with van der Waals surface area (Å²) in [5.74, 6) is -0.697. The van der Waals surface area contributed by atoms with Crippen LogP contribution in [0.2, 0.25) is 0 Å². The molecule has 1 N–H and O–H groups in total. The highest BCUT2D eigenvalue weighted by Gasteiger charge is 2.37. The lowest BCUT2D eigenvalue weighted by Crippen LogP contribution is -2.36. The van der Waals surface area contributed by atoms with Crippen molar-refractivity contribution in [2.75, 3.05) is 4.90 Å². The quantitative estimate of drug-likeness (QED) is 0.837. The van der Waals surface area contributed by atoms with Gasteiger partial charge in [0, 0.05) is 11.6 Å². The van der Waals surface area contributed by atoms with Gasteiger partial charge >= 0.3 is 0 Å². The first-order chi connectivity index (χ1) is 12.7. The fraction of sp³-hybridized carbons (Fsp3) is 0.318. The molecule has 0 aromatic heterocycles. The van der Waals surface area contributed by atoms with Gasteiger partial charge in [-0.2, -0.15) is 0 Å². The summed E-state index contributed by atoms with van der Waals surface area (Å²) < 4.78 is 0. The summed E-state index contributed by atoms with van der Waals surface area (Å²) >= 11 is 0. The molecule has 140 valence electrons. The topological polar surface area (TPSA) is 66.5 Å². The van der Waals surface area contributed by atoms with Crippen molar-refractivity contribution in [3.05, 3.63) is 64.2 Å². The van der Waals surface area contributed by atoms with E-state index in [2.05, 4.69) is 5.32 Å². The van der Waals surface area contributed by atoms with Crippen molar-refractivity contribution >= 4 is 23.4 Å². The highest BCUT2D eigenvalue weighted by molar-refractivity contribution is 6.35. The summed E-state index contributed by atoms with van der Waals surface area (Å²) in [6.07, 6.45) is 0. The van der Waals surface area contributed by atoms with Crippen LogP contribution < -0.4 is 10.2 Å². The van der Waals surface area contributed by atoms with E-state index in [0.717, 1.165) is 11.1 Å². The van der Waals surface area contributed by atoms with Crippen molar-refractivity contribution in [2.24, 2.45) is 5.92 Å². The summed E-state index contributed by atoms with van der Waals surface area (Å²) in [5.41, 5.74) is 3.37. The van der Waals surface area contributed by atoms with Crippen LogP contribution in [0.4, 0.5) is 5.69 Å². The Morgan fingerprint density at radius 3 is 2.26 bits per heavy atom. The van der Waals surface area contributed by atoms with E-state index in [9.17, 15) is 14.4 Å². The summed E-state index contributed by atoms with van der Waals surface area (Å²) in [6.45, 7) is 9.77. The molecule has 1 heterocycles. The molecule has 5 nitrogen and oxygen atoms in total. The van der Waals surface area contributed by atoms with Crippen LogP contribution in [-0.2, 0) is 0 Å². The molecule has 1 atom stereocenters. The van der Waals surface area contributed by atoms with E-state index < -0.39 is 5.91 Å². The fourth-order valence-corrected chi connectivity index (χ4v) is 3.02. The predicted molar refractivity (Wildman–Crippen MR) is 105 cm³/mol. The van der Waals surface area contributed by atoms with Gasteiger partial charge in [0.1, 0.15) is 0 Å². The number of nitrogens with zero attached hydrogens (tertiary/aromatic N) is 1. The van der Waals surface area contributed by atoms with Gasteiger partial charge in [0.25, 0.3) is 17.7 Å². The number of aryl methyl sites for hydroxylation is 2. The molecule has 0 fully saturated rings. The van der Waals surface area contributed by atoms with E-state index in [4.69, 9.17) is 0 Å². The van der Waals surface area contributed by atoms with Crippen LogP contribution in [0.5, 0.6) is 0 Å². The zero-order valence-electron chi connectivity index (χ0n) is 16.3. The number of hydrogen-bond donors (Lipinski definition) is 1. The second kappa shape index (κ2) is 6.99. The largest absolute Gasteiger partial charge is 0.349 e. The van der Waals surface area contributed by atoms with Crippen LogP contribution in [0.1, 0.15) is 63.0 Å². The molecular weight excluding hydrogens is 340 g/mol. The van der Waals surface area contributed by atoms with Crippen molar-refractivity contribution in [1.29, 1.82) is 0 Å². The van der Waals surface area contributed by atoms with E-state index in [1.165, 1.54) is 11.0 Å². The molecular formula is C22H24N2O3. The first-order valence-electron chi connectivity index (χ1n) is 9.11. The zero-order valence-corrected chi connectivity index (χ0v) is 16.3. The van der Waals surface area contributed by atoms with Crippen molar-refractivity contribution in [3.8, 4) is 0 Å². The summed E-state index contributed by atoms with van der Waals surface area (Å²) in [5, 5.41) is 2.92. The molecule has 5 heteroatoms. The summed E-state index contributed by atoms with van der Waals surface area (Å²) in [6, 6.07) is 10.3. The Bertz CT molecular complexity index is 947. The standard InChI is InChI=1S/C22H24N2O3/c1-12(2)15(5)23-20(25)16-8-9-17-18(11-16)22(27)24(21(17)26)19-10-13(3)6-7-14(19)4/h6-12,15H,1-5H3,(H,23,25). The number of benzene rings is 2. The van der Waals surface area contributed by atoms with Crippen LogP contribution in [-0.4, -0.2) is 23.8 Å². The van der Waals surface area contributed by atoms with Crippen LogP contribution >= 0.6 is 0 Å². The van der Waals surface area contributed by atoms with Gasteiger partial charge in [-0.05, 0) is 62.1 Å². The Kier molecular flexibility index (Phi) is 4.87. The van der Waals surface area contributed by atoms with Crippen molar-refractivity contribution in [2.45, 2.75) is 40.7 Å². The van der Waals surface area contributed by atoms with Crippen LogP contribution in [0.25, 0.3) is 0 Å². The Labute approximate surface area is 159 Å². The third-order valence-corrected chi connectivity index (χ3v) is 5.11. The Morgan fingerprint density at radius 1 is 0.926 bits per heavy atom. The van der Waals surface area contributed by atoms with Crippen LogP contribution in [0.3, 0.4) is 0 Å². The first-order valence-corrected chi connectivity index (χ1v) is 9.11. The number of rotatable bonds is 4. The van der Waals surface area contributed by atoms with E-state index >= 15 is 0 Å². The predicted octanol–water partition coefficient (Wildman–Crippen LogP) is 3.88. The SMILES string of the molecule is Cc1ccc(C)c(N2C(=O)c3ccc(C(=O)NC(C)C(C)C)cc3C2=O)c1. The maximum atomic E-state index is 12.9.